The normalized spacial score (nSPS) is 11.2. The smallest absolute Gasteiger partial charge is 0.375 e. The third-order valence-electron chi connectivity index (χ3n) is 4.41. The van der Waals surface area contributed by atoms with Gasteiger partial charge >= 0.3 is 5.97 Å². The molecule has 136 valence electrons. The number of carbonyl (C=O) groups is 1. The first-order chi connectivity index (χ1) is 12.9. The molecule has 0 atom stereocenters. The first kappa shape index (κ1) is 17.0. The number of H-pyrrole nitrogens is 1. The first-order valence-corrected chi connectivity index (χ1v) is 8.28. The summed E-state index contributed by atoms with van der Waals surface area (Å²) < 4.78 is 24.1. The van der Waals surface area contributed by atoms with Crippen LogP contribution in [-0.4, -0.2) is 15.9 Å². The highest BCUT2D eigenvalue weighted by molar-refractivity contribution is 5.95. The van der Waals surface area contributed by atoms with Gasteiger partial charge in [-0.15, -0.1) is 0 Å². The highest BCUT2D eigenvalue weighted by Crippen LogP contribution is 2.26. The SMILES string of the molecule is Cc1c(C(=O)OCc2nc3c(C)cccc3c(=O)[nH]2)oc2ccc(F)cc12. The van der Waals surface area contributed by atoms with Crippen LogP contribution < -0.4 is 5.56 Å². The second-order valence-corrected chi connectivity index (χ2v) is 6.26. The van der Waals surface area contributed by atoms with Gasteiger partial charge in [0.15, 0.2) is 0 Å². The lowest BCUT2D eigenvalue weighted by Gasteiger charge is -2.06. The summed E-state index contributed by atoms with van der Waals surface area (Å²) >= 11 is 0. The van der Waals surface area contributed by atoms with Crippen LogP contribution in [-0.2, 0) is 11.3 Å². The minimum Gasteiger partial charge on any atom is -0.452 e. The fourth-order valence-electron chi connectivity index (χ4n) is 3.01. The van der Waals surface area contributed by atoms with Gasteiger partial charge in [0.05, 0.1) is 10.9 Å². The molecule has 2 heterocycles. The van der Waals surface area contributed by atoms with Crippen LogP contribution in [0.5, 0.6) is 0 Å². The number of hydrogen-bond acceptors (Lipinski definition) is 5. The molecule has 27 heavy (non-hydrogen) atoms. The Balaban J connectivity index is 1.61. The van der Waals surface area contributed by atoms with Gasteiger partial charge in [-0.3, -0.25) is 4.79 Å². The van der Waals surface area contributed by atoms with E-state index in [9.17, 15) is 14.0 Å². The predicted molar refractivity (Wildman–Crippen MR) is 97.1 cm³/mol. The van der Waals surface area contributed by atoms with Crippen LogP contribution >= 0.6 is 0 Å². The number of rotatable bonds is 3. The Kier molecular flexibility index (Phi) is 3.99. The Labute approximate surface area is 152 Å². The molecule has 0 saturated heterocycles. The van der Waals surface area contributed by atoms with Crippen LogP contribution in [0.2, 0.25) is 0 Å². The van der Waals surface area contributed by atoms with Gasteiger partial charge < -0.3 is 14.1 Å². The van der Waals surface area contributed by atoms with Crippen molar-refractivity contribution in [2.24, 2.45) is 0 Å². The number of carbonyl (C=O) groups excluding carboxylic acids is 1. The lowest BCUT2D eigenvalue weighted by molar-refractivity contribution is 0.0427. The van der Waals surface area contributed by atoms with Gasteiger partial charge in [-0.05, 0) is 43.7 Å². The molecule has 6 nitrogen and oxygen atoms in total. The molecule has 0 radical (unpaired) electrons. The van der Waals surface area contributed by atoms with Gasteiger partial charge in [0.25, 0.3) is 5.56 Å². The van der Waals surface area contributed by atoms with Crippen LogP contribution in [0.1, 0.15) is 27.5 Å². The molecule has 7 heteroatoms. The van der Waals surface area contributed by atoms with Crippen LogP contribution in [0.15, 0.2) is 45.6 Å². The molecule has 2 aromatic heterocycles. The minimum atomic E-state index is -0.711. The van der Waals surface area contributed by atoms with E-state index < -0.39 is 11.8 Å². The minimum absolute atomic E-state index is 0.00471. The number of nitrogens with one attached hydrogen (secondary N) is 1. The number of ether oxygens (including phenoxy) is 1. The third-order valence-corrected chi connectivity index (χ3v) is 4.41. The van der Waals surface area contributed by atoms with Crippen molar-refractivity contribution in [2.45, 2.75) is 20.5 Å². The zero-order valence-electron chi connectivity index (χ0n) is 14.6. The molecule has 0 aliphatic carbocycles. The van der Waals surface area contributed by atoms with E-state index in [4.69, 9.17) is 9.15 Å². The number of hydrogen-bond donors (Lipinski definition) is 1. The van der Waals surface area contributed by atoms with Gasteiger partial charge in [-0.25, -0.2) is 14.2 Å². The van der Waals surface area contributed by atoms with E-state index in [0.29, 0.717) is 27.4 Å². The summed E-state index contributed by atoms with van der Waals surface area (Å²) in [7, 11) is 0. The van der Waals surface area contributed by atoms with E-state index >= 15 is 0 Å². The topological polar surface area (TPSA) is 85.2 Å². The monoisotopic (exact) mass is 366 g/mol. The first-order valence-electron chi connectivity index (χ1n) is 8.28. The molecule has 0 bridgehead atoms. The average Bonchev–Trinajstić information content (AvgIpc) is 2.97. The van der Waals surface area contributed by atoms with Crippen LogP contribution in [0.3, 0.4) is 0 Å². The Morgan fingerprint density at radius 3 is 2.85 bits per heavy atom. The second kappa shape index (κ2) is 6.35. The summed E-state index contributed by atoms with van der Waals surface area (Å²) in [6.07, 6.45) is 0. The molecule has 4 aromatic rings. The Morgan fingerprint density at radius 2 is 2.04 bits per heavy atom. The number of aromatic nitrogens is 2. The number of esters is 1. The van der Waals surface area contributed by atoms with Crippen molar-refractivity contribution < 1.29 is 18.3 Å². The lowest BCUT2D eigenvalue weighted by Crippen LogP contribution is -2.15. The van der Waals surface area contributed by atoms with Gasteiger partial charge in [0.2, 0.25) is 5.76 Å². The number of furan rings is 1. The zero-order chi connectivity index (χ0) is 19.1. The summed E-state index contributed by atoms with van der Waals surface area (Å²) in [5.74, 6) is -0.902. The Hall–Kier alpha value is -3.48. The highest BCUT2D eigenvalue weighted by Gasteiger charge is 2.20. The molecule has 1 N–H and O–H groups in total. The number of fused-ring (bicyclic) bond motifs is 2. The standard InChI is InChI=1S/C20H15FN2O4/c1-10-4-3-5-13-17(10)22-16(23-19(13)24)9-26-20(25)18-11(2)14-8-12(21)6-7-15(14)27-18/h3-8H,9H2,1-2H3,(H,22,23,24). The van der Waals surface area contributed by atoms with Crippen molar-refractivity contribution in [3.63, 3.8) is 0 Å². The number of para-hydroxylation sites is 1. The van der Waals surface area contributed by atoms with E-state index in [2.05, 4.69) is 9.97 Å². The summed E-state index contributed by atoms with van der Waals surface area (Å²) in [6.45, 7) is 3.28. The molecule has 0 aliphatic rings. The molecule has 0 unspecified atom stereocenters. The zero-order valence-corrected chi connectivity index (χ0v) is 14.6. The van der Waals surface area contributed by atoms with Crippen molar-refractivity contribution in [1.82, 2.24) is 9.97 Å². The van der Waals surface area contributed by atoms with E-state index in [-0.39, 0.29) is 23.8 Å². The number of halogens is 1. The van der Waals surface area contributed by atoms with Crippen molar-refractivity contribution in [2.75, 3.05) is 0 Å². The van der Waals surface area contributed by atoms with Crippen molar-refractivity contribution in [1.29, 1.82) is 0 Å². The molecule has 2 aromatic carbocycles. The van der Waals surface area contributed by atoms with E-state index in [1.165, 1.54) is 18.2 Å². The van der Waals surface area contributed by atoms with Gasteiger partial charge in [-0.2, -0.15) is 0 Å². The number of aromatic amines is 1. The Bertz CT molecular complexity index is 1260. The average molecular weight is 366 g/mol. The molecular formula is C20H15FN2O4. The molecule has 4 rings (SSSR count). The van der Waals surface area contributed by atoms with Crippen molar-refractivity contribution in [3.05, 3.63) is 75.3 Å². The second-order valence-electron chi connectivity index (χ2n) is 6.26. The van der Waals surface area contributed by atoms with E-state index in [0.717, 1.165) is 5.56 Å². The maximum Gasteiger partial charge on any atom is 0.375 e. The number of nitrogens with zero attached hydrogens (tertiary/aromatic N) is 1. The van der Waals surface area contributed by atoms with Crippen LogP contribution in [0.4, 0.5) is 4.39 Å². The molecule has 0 amide bonds. The maximum absolute atomic E-state index is 13.4. The van der Waals surface area contributed by atoms with Crippen LogP contribution in [0, 0.1) is 19.7 Å². The largest absolute Gasteiger partial charge is 0.452 e. The summed E-state index contributed by atoms with van der Waals surface area (Å²) in [4.78, 5) is 31.5. The van der Waals surface area contributed by atoms with E-state index in [1.807, 2.05) is 13.0 Å². The quantitative estimate of drug-likeness (QED) is 0.558. The Morgan fingerprint density at radius 1 is 1.22 bits per heavy atom. The highest BCUT2D eigenvalue weighted by atomic mass is 19.1. The molecule has 0 aliphatic heterocycles. The lowest BCUT2D eigenvalue weighted by atomic mass is 10.1. The maximum atomic E-state index is 13.4. The van der Waals surface area contributed by atoms with Gasteiger partial charge in [-0.1, -0.05) is 12.1 Å². The summed E-state index contributed by atoms with van der Waals surface area (Å²) in [5, 5.41) is 0.982. The molecule has 0 saturated carbocycles. The number of aryl methyl sites for hydroxylation is 2. The van der Waals surface area contributed by atoms with Gasteiger partial charge in [0.1, 0.15) is 23.8 Å². The number of benzene rings is 2. The van der Waals surface area contributed by atoms with Crippen molar-refractivity contribution >= 4 is 27.8 Å². The summed E-state index contributed by atoms with van der Waals surface area (Å²) in [6, 6.07) is 9.33. The predicted octanol–water partition coefficient (Wildman–Crippen LogP) is 3.78. The molecule has 0 spiro atoms. The third kappa shape index (κ3) is 2.97. The van der Waals surface area contributed by atoms with Crippen molar-refractivity contribution in [3.8, 4) is 0 Å². The van der Waals surface area contributed by atoms with Gasteiger partial charge in [0, 0.05) is 10.9 Å². The van der Waals surface area contributed by atoms with E-state index in [1.54, 1.807) is 19.1 Å². The fourth-order valence-corrected chi connectivity index (χ4v) is 3.01. The summed E-state index contributed by atoms with van der Waals surface area (Å²) in [5.41, 5.74) is 1.99. The van der Waals surface area contributed by atoms with Crippen LogP contribution in [0.25, 0.3) is 21.9 Å². The molecular weight excluding hydrogens is 351 g/mol. The fraction of sp³-hybridized carbons (Fsp3) is 0.150. The molecule has 0 fully saturated rings.